The zero-order chi connectivity index (χ0) is 15.2. The molecule has 4 heteroatoms. The molecule has 0 fully saturated rings. The Labute approximate surface area is 125 Å². The second-order valence-corrected chi connectivity index (χ2v) is 5.10. The monoisotopic (exact) mass is 286 g/mol. The van der Waals surface area contributed by atoms with E-state index < -0.39 is 0 Å². The molecule has 0 saturated carbocycles. The van der Waals surface area contributed by atoms with E-state index >= 15 is 0 Å². The molecule has 0 aliphatic heterocycles. The Morgan fingerprint density at radius 3 is 2.76 bits per heavy atom. The fourth-order valence-electron chi connectivity index (χ4n) is 2.28. The minimum absolute atomic E-state index is 0.0171. The van der Waals surface area contributed by atoms with E-state index in [4.69, 9.17) is 10.5 Å². The average Bonchev–Trinajstić information content (AvgIpc) is 2.53. The number of hydrogen-bond donors (Lipinski definition) is 2. The van der Waals surface area contributed by atoms with Gasteiger partial charge in [-0.3, -0.25) is 4.79 Å². The molecule has 2 aromatic rings. The van der Waals surface area contributed by atoms with Gasteiger partial charge in [-0.15, -0.1) is 0 Å². The molecule has 0 heterocycles. The lowest BCUT2D eigenvalue weighted by Crippen LogP contribution is -2.26. The summed E-state index contributed by atoms with van der Waals surface area (Å²) in [6.07, 6.45) is 1.64. The van der Waals surface area contributed by atoms with Gasteiger partial charge in [0, 0.05) is 18.7 Å². The molecule has 3 N–H and O–H groups in total. The van der Waals surface area contributed by atoms with Crippen molar-refractivity contribution in [2.24, 2.45) is 5.73 Å². The SMILES string of the molecule is CCC(N)Cc1c(OCC(=O)NC)ccc2ccccc12. The lowest BCUT2D eigenvalue weighted by atomic mass is 9.97. The Bertz CT molecular complexity index is 625. The molecule has 4 nitrogen and oxygen atoms in total. The molecule has 1 atom stereocenters. The Hall–Kier alpha value is -2.07. The summed E-state index contributed by atoms with van der Waals surface area (Å²) < 4.78 is 5.68. The second kappa shape index (κ2) is 7.09. The van der Waals surface area contributed by atoms with Crippen molar-refractivity contribution in [2.45, 2.75) is 25.8 Å². The van der Waals surface area contributed by atoms with Gasteiger partial charge in [0.05, 0.1) is 0 Å². The van der Waals surface area contributed by atoms with Crippen molar-refractivity contribution in [3.8, 4) is 5.75 Å². The first-order valence-electron chi connectivity index (χ1n) is 7.25. The number of rotatable bonds is 6. The number of carbonyl (C=O) groups excluding carboxylic acids is 1. The van der Waals surface area contributed by atoms with Crippen LogP contribution >= 0.6 is 0 Å². The van der Waals surface area contributed by atoms with Gasteiger partial charge in [-0.2, -0.15) is 0 Å². The lowest BCUT2D eigenvalue weighted by molar-refractivity contribution is -0.122. The van der Waals surface area contributed by atoms with Crippen LogP contribution in [-0.2, 0) is 11.2 Å². The Morgan fingerprint density at radius 2 is 2.05 bits per heavy atom. The van der Waals surface area contributed by atoms with E-state index in [9.17, 15) is 4.79 Å². The van der Waals surface area contributed by atoms with Gasteiger partial charge in [0.25, 0.3) is 5.91 Å². The van der Waals surface area contributed by atoms with Crippen LogP contribution in [0.2, 0.25) is 0 Å². The minimum atomic E-state index is -0.145. The van der Waals surface area contributed by atoms with Crippen molar-refractivity contribution in [1.29, 1.82) is 0 Å². The smallest absolute Gasteiger partial charge is 0.257 e. The second-order valence-electron chi connectivity index (χ2n) is 5.10. The van der Waals surface area contributed by atoms with Crippen LogP contribution in [0.1, 0.15) is 18.9 Å². The fourth-order valence-corrected chi connectivity index (χ4v) is 2.28. The maximum Gasteiger partial charge on any atom is 0.257 e. The summed E-state index contributed by atoms with van der Waals surface area (Å²) in [6.45, 7) is 2.09. The predicted octanol–water partition coefficient (Wildman–Crippen LogP) is 2.24. The zero-order valence-electron chi connectivity index (χ0n) is 12.6. The number of nitrogens with one attached hydrogen (secondary N) is 1. The first-order chi connectivity index (χ1) is 10.2. The van der Waals surface area contributed by atoms with E-state index in [2.05, 4.69) is 24.4 Å². The highest BCUT2D eigenvalue weighted by molar-refractivity contribution is 5.88. The molecule has 0 aliphatic rings. The molecule has 2 rings (SSSR count). The number of nitrogens with two attached hydrogens (primary N) is 1. The molecular formula is C17H22N2O2. The van der Waals surface area contributed by atoms with Crippen LogP contribution in [0.3, 0.4) is 0 Å². The third kappa shape index (κ3) is 3.73. The van der Waals surface area contributed by atoms with Crippen LogP contribution in [0.25, 0.3) is 10.8 Å². The van der Waals surface area contributed by atoms with Crippen LogP contribution in [0.5, 0.6) is 5.75 Å². The van der Waals surface area contributed by atoms with E-state index in [1.807, 2.05) is 24.3 Å². The normalized spacial score (nSPS) is 12.1. The zero-order valence-corrected chi connectivity index (χ0v) is 12.6. The topological polar surface area (TPSA) is 64.3 Å². The highest BCUT2D eigenvalue weighted by Gasteiger charge is 2.13. The highest BCUT2D eigenvalue weighted by Crippen LogP contribution is 2.29. The summed E-state index contributed by atoms with van der Waals surface area (Å²) in [4.78, 5) is 11.4. The summed E-state index contributed by atoms with van der Waals surface area (Å²) >= 11 is 0. The molecule has 0 aromatic heterocycles. The molecule has 2 aromatic carbocycles. The van der Waals surface area contributed by atoms with Gasteiger partial charge in [0.1, 0.15) is 5.75 Å². The summed E-state index contributed by atoms with van der Waals surface area (Å²) in [7, 11) is 1.60. The van der Waals surface area contributed by atoms with E-state index in [1.54, 1.807) is 7.05 Å². The van der Waals surface area contributed by atoms with Gasteiger partial charge in [-0.05, 0) is 29.7 Å². The third-order valence-electron chi connectivity index (χ3n) is 3.63. The number of fused-ring (bicyclic) bond motifs is 1. The van der Waals surface area contributed by atoms with Crippen molar-refractivity contribution >= 4 is 16.7 Å². The number of ether oxygens (including phenoxy) is 1. The minimum Gasteiger partial charge on any atom is -0.483 e. The fraction of sp³-hybridized carbons (Fsp3) is 0.353. The number of hydrogen-bond acceptors (Lipinski definition) is 3. The maximum atomic E-state index is 11.4. The van der Waals surface area contributed by atoms with Gasteiger partial charge in [-0.25, -0.2) is 0 Å². The quantitative estimate of drug-likeness (QED) is 0.856. The highest BCUT2D eigenvalue weighted by atomic mass is 16.5. The molecule has 0 aliphatic carbocycles. The first-order valence-corrected chi connectivity index (χ1v) is 7.25. The summed E-state index contributed by atoms with van der Waals surface area (Å²) in [6, 6.07) is 12.2. The molecule has 1 unspecified atom stereocenters. The van der Waals surface area contributed by atoms with Gasteiger partial charge in [0.2, 0.25) is 0 Å². The van der Waals surface area contributed by atoms with E-state index in [0.29, 0.717) is 0 Å². The summed E-state index contributed by atoms with van der Waals surface area (Å²) in [5.41, 5.74) is 7.19. The predicted molar refractivity (Wildman–Crippen MR) is 85.5 cm³/mol. The van der Waals surface area contributed by atoms with Crippen LogP contribution in [0, 0.1) is 0 Å². The van der Waals surface area contributed by atoms with Crippen molar-refractivity contribution in [3.63, 3.8) is 0 Å². The first kappa shape index (κ1) is 15.3. The molecule has 112 valence electrons. The van der Waals surface area contributed by atoms with E-state index in [-0.39, 0.29) is 18.6 Å². The number of benzene rings is 2. The number of amides is 1. The number of likely N-dealkylation sites (N-methyl/N-ethyl adjacent to an activating group) is 1. The van der Waals surface area contributed by atoms with Crippen LogP contribution in [0.4, 0.5) is 0 Å². The average molecular weight is 286 g/mol. The molecule has 1 amide bonds. The van der Waals surface area contributed by atoms with E-state index in [0.717, 1.165) is 34.9 Å². The molecule has 0 bridgehead atoms. The summed E-state index contributed by atoms with van der Waals surface area (Å²) in [5, 5.41) is 4.85. The Morgan fingerprint density at radius 1 is 1.29 bits per heavy atom. The van der Waals surface area contributed by atoms with Crippen molar-refractivity contribution in [3.05, 3.63) is 42.0 Å². The van der Waals surface area contributed by atoms with Gasteiger partial charge < -0.3 is 15.8 Å². The van der Waals surface area contributed by atoms with Crippen molar-refractivity contribution < 1.29 is 9.53 Å². The van der Waals surface area contributed by atoms with Gasteiger partial charge >= 0.3 is 0 Å². The lowest BCUT2D eigenvalue weighted by Gasteiger charge is -2.16. The number of carbonyl (C=O) groups is 1. The van der Waals surface area contributed by atoms with Crippen LogP contribution in [0.15, 0.2) is 36.4 Å². The van der Waals surface area contributed by atoms with Crippen LogP contribution in [-0.4, -0.2) is 25.6 Å². The van der Waals surface area contributed by atoms with Crippen LogP contribution < -0.4 is 15.8 Å². The molecule has 0 radical (unpaired) electrons. The molecular weight excluding hydrogens is 264 g/mol. The van der Waals surface area contributed by atoms with Gasteiger partial charge in [-0.1, -0.05) is 37.3 Å². The Kier molecular flexibility index (Phi) is 5.17. The Balaban J connectivity index is 2.38. The summed E-state index contributed by atoms with van der Waals surface area (Å²) in [5.74, 6) is 0.593. The van der Waals surface area contributed by atoms with Crippen molar-refractivity contribution in [1.82, 2.24) is 5.32 Å². The standard InChI is InChI=1S/C17H22N2O2/c1-3-13(18)10-15-14-7-5-4-6-12(14)8-9-16(15)21-11-17(20)19-2/h4-9,13H,3,10-11,18H2,1-2H3,(H,19,20). The molecule has 21 heavy (non-hydrogen) atoms. The third-order valence-corrected chi connectivity index (χ3v) is 3.63. The maximum absolute atomic E-state index is 11.4. The largest absolute Gasteiger partial charge is 0.483 e. The molecule has 0 spiro atoms. The van der Waals surface area contributed by atoms with E-state index in [1.165, 1.54) is 0 Å². The van der Waals surface area contributed by atoms with Gasteiger partial charge in [0.15, 0.2) is 6.61 Å². The van der Waals surface area contributed by atoms with Crippen molar-refractivity contribution in [2.75, 3.05) is 13.7 Å². The molecule has 0 saturated heterocycles.